The summed E-state index contributed by atoms with van der Waals surface area (Å²) in [5, 5.41) is 20.3. The summed E-state index contributed by atoms with van der Waals surface area (Å²) in [7, 11) is 2.59. The molecule has 0 heterocycles. The van der Waals surface area contributed by atoms with E-state index in [0.717, 1.165) is 7.11 Å². The average Bonchev–Trinajstić information content (AvgIpc) is 2.52. The maximum absolute atomic E-state index is 12.3. The quantitative estimate of drug-likeness (QED) is 0.262. The first kappa shape index (κ1) is 23.6. The van der Waals surface area contributed by atoms with Gasteiger partial charge in [0, 0.05) is 7.05 Å². The van der Waals surface area contributed by atoms with E-state index in [4.69, 9.17) is 15.9 Å². The Morgan fingerprint density at radius 2 is 1.88 bits per heavy atom. The van der Waals surface area contributed by atoms with Gasteiger partial charge in [0.15, 0.2) is 5.84 Å². The van der Waals surface area contributed by atoms with Crippen LogP contribution in [0.25, 0.3) is 0 Å². The number of esters is 1. The van der Waals surface area contributed by atoms with Crippen molar-refractivity contribution in [2.75, 3.05) is 14.2 Å². The van der Waals surface area contributed by atoms with Crippen molar-refractivity contribution in [3.8, 4) is 0 Å². The average molecular weight is 374 g/mol. The van der Waals surface area contributed by atoms with Gasteiger partial charge in [-0.2, -0.15) is 0 Å². The van der Waals surface area contributed by atoms with Crippen LogP contribution in [0, 0.1) is 5.41 Å². The number of hydrogen-bond acceptors (Lipinski definition) is 8. The first-order chi connectivity index (χ1) is 11.9. The van der Waals surface area contributed by atoms with Crippen molar-refractivity contribution in [2.24, 2.45) is 10.9 Å². The number of oxime groups is 1. The molecule has 0 aliphatic heterocycles. The number of nitrogens with zero attached hydrogens (tertiary/aromatic N) is 2. The summed E-state index contributed by atoms with van der Waals surface area (Å²) >= 11 is 0. The Kier molecular flexibility index (Phi) is 9.63. The number of rotatable bonds is 7. The smallest absolute Gasteiger partial charge is 0.410 e. The number of amidine groups is 1. The first-order valence-corrected chi connectivity index (χ1v) is 8.20. The first-order valence-electron chi connectivity index (χ1n) is 8.20. The number of likely N-dealkylation sites (N-methyl/N-ethyl adjacent to an activating group) is 1. The number of ether oxygens (including phenoxy) is 2. The number of hydrogen-bond donors (Lipinski definition) is 3. The second-order valence-electron chi connectivity index (χ2n) is 6.82. The van der Waals surface area contributed by atoms with Gasteiger partial charge in [0.05, 0.1) is 19.3 Å². The van der Waals surface area contributed by atoms with Crippen LogP contribution in [-0.2, 0) is 19.1 Å². The molecule has 0 saturated heterocycles. The molecule has 0 spiro atoms. The van der Waals surface area contributed by atoms with Gasteiger partial charge in [0.25, 0.3) is 0 Å². The van der Waals surface area contributed by atoms with Gasteiger partial charge in [-0.1, -0.05) is 5.16 Å². The molecule has 2 unspecified atom stereocenters. The molecule has 10 heteroatoms. The van der Waals surface area contributed by atoms with Crippen LogP contribution in [0.4, 0.5) is 4.79 Å². The Morgan fingerprint density at radius 1 is 1.31 bits per heavy atom. The molecule has 10 nitrogen and oxygen atoms in total. The lowest BCUT2D eigenvalue weighted by Crippen LogP contribution is -2.47. The molecule has 2 atom stereocenters. The van der Waals surface area contributed by atoms with Gasteiger partial charge >= 0.3 is 18.0 Å². The van der Waals surface area contributed by atoms with Crippen molar-refractivity contribution < 1.29 is 29.0 Å². The Bertz CT molecular complexity index is 527. The molecule has 0 radical (unpaired) electrons. The number of aliphatic hydroxyl groups excluding tert-OH is 1. The summed E-state index contributed by atoms with van der Waals surface area (Å²) in [4.78, 5) is 29.3. The van der Waals surface area contributed by atoms with Crippen LogP contribution in [-0.4, -0.2) is 65.7 Å². The van der Waals surface area contributed by atoms with Gasteiger partial charge in [-0.25, -0.2) is 9.59 Å². The summed E-state index contributed by atoms with van der Waals surface area (Å²) in [6.07, 6.45) is 0.334. The van der Waals surface area contributed by atoms with Crippen LogP contribution in [0.15, 0.2) is 5.16 Å². The van der Waals surface area contributed by atoms with Crippen molar-refractivity contribution in [3.63, 3.8) is 0 Å². The molecule has 0 fully saturated rings. The van der Waals surface area contributed by atoms with Crippen LogP contribution < -0.4 is 5.73 Å². The van der Waals surface area contributed by atoms with E-state index in [1.807, 2.05) is 0 Å². The van der Waals surface area contributed by atoms with E-state index in [-0.39, 0.29) is 5.84 Å². The fourth-order valence-corrected chi connectivity index (χ4v) is 1.90. The second-order valence-corrected chi connectivity index (χ2v) is 6.82. The SMILES string of the molecule is COC(=O)C(=N)O/N=C(\N)C(CCCC(C)O)N(C)C(=O)OC(C)(C)C. The third kappa shape index (κ3) is 9.21. The lowest BCUT2D eigenvalue weighted by atomic mass is 10.1. The second kappa shape index (κ2) is 10.6. The molecular formula is C16H30N4O6. The summed E-state index contributed by atoms with van der Waals surface area (Å²) < 4.78 is 9.63. The van der Waals surface area contributed by atoms with Gasteiger partial charge < -0.3 is 30.1 Å². The molecule has 0 aromatic rings. The zero-order valence-electron chi connectivity index (χ0n) is 16.2. The van der Waals surface area contributed by atoms with Gasteiger partial charge in [0.1, 0.15) is 5.60 Å². The number of amides is 1. The summed E-state index contributed by atoms with van der Waals surface area (Å²) in [5.41, 5.74) is 5.20. The summed E-state index contributed by atoms with van der Waals surface area (Å²) in [6.45, 7) is 6.86. The number of aliphatic hydroxyl groups is 1. The minimum absolute atomic E-state index is 0.113. The van der Waals surface area contributed by atoms with Crippen molar-refractivity contribution in [2.45, 2.75) is 64.7 Å². The van der Waals surface area contributed by atoms with E-state index in [2.05, 4.69) is 14.7 Å². The van der Waals surface area contributed by atoms with E-state index in [9.17, 15) is 14.7 Å². The molecule has 1 amide bonds. The lowest BCUT2D eigenvalue weighted by Gasteiger charge is -2.30. The Hall–Kier alpha value is -2.36. The van der Waals surface area contributed by atoms with Crippen LogP contribution in [0.3, 0.4) is 0 Å². The van der Waals surface area contributed by atoms with Crippen LogP contribution in [0.2, 0.25) is 0 Å². The molecule has 0 aliphatic carbocycles. The minimum Gasteiger partial charge on any atom is -0.462 e. The van der Waals surface area contributed by atoms with E-state index >= 15 is 0 Å². The Labute approximate surface area is 153 Å². The minimum atomic E-state index is -1.01. The van der Waals surface area contributed by atoms with Crippen LogP contribution >= 0.6 is 0 Å². The van der Waals surface area contributed by atoms with Crippen molar-refractivity contribution in [3.05, 3.63) is 0 Å². The molecular weight excluding hydrogens is 344 g/mol. The van der Waals surface area contributed by atoms with E-state index in [0.29, 0.717) is 19.3 Å². The molecule has 0 rings (SSSR count). The maximum Gasteiger partial charge on any atom is 0.410 e. The highest BCUT2D eigenvalue weighted by Crippen LogP contribution is 2.15. The predicted molar refractivity (Wildman–Crippen MR) is 95.8 cm³/mol. The van der Waals surface area contributed by atoms with E-state index < -0.39 is 35.7 Å². The summed E-state index contributed by atoms with van der Waals surface area (Å²) in [5.74, 6) is -1.96. The fourth-order valence-electron chi connectivity index (χ4n) is 1.90. The van der Waals surface area contributed by atoms with E-state index in [1.54, 1.807) is 27.7 Å². The molecule has 0 aliphatic rings. The van der Waals surface area contributed by atoms with Crippen molar-refractivity contribution in [1.29, 1.82) is 5.41 Å². The van der Waals surface area contributed by atoms with Gasteiger partial charge in [0.2, 0.25) is 0 Å². The van der Waals surface area contributed by atoms with Gasteiger partial charge in [-0.3, -0.25) is 5.41 Å². The van der Waals surface area contributed by atoms with Gasteiger partial charge in [-0.05, 0) is 47.0 Å². The Morgan fingerprint density at radius 3 is 2.35 bits per heavy atom. The molecule has 150 valence electrons. The Balaban J connectivity index is 5.21. The monoisotopic (exact) mass is 374 g/mol. The molecule has 26 heavy (non-hydrogen) atoms. The topological polar surface area (TPSA) is 148 Å². The zero-order valence-corrected chi connectivity index (χ0v) is 16.2. The number of nitrogens with two attached hydrogens (primary N) is 1. The lowest BCUT2D eigenvalue weighted by molar-refractivity contribution is -0.134. The highest BCUT2D eigenvalue weighted by atomic mass is 16.7. The molecule has 0 bridgehead atoms. The highest BCUT2D eigenvalue weighted by Gasteiger charge is 2.28. The normalized spacial score (nSPS) is 14.2. The number of carbonyl (C=O) groups is 2. The molecule has 0 saturated carbocycles. The van der Waals surface area contributed by atoms with Crippen LogP contribution in [0.1, 0.15) is 47.0 Å². The number of carbonyl (C=O) groups excluding carboxylic acids is 2. The molecule has 4 N–H and O–H groups in total. The predicted octanol–water partition coefficient (Wildman–Crippen LogP) is 1.21. The maximum atomic E-state index is 12.3. The number of nitrogens with one attached hydrogen (secondary N) is 1. The third-order valence-corrected chi connectivity index (χ3v) is 3.20. The summed E-state index contributed by atoms with van der Waals surface area (Å²) in [6, 6.07) is -0.700. The largest absolute Gasteiger partial charge is 0.462 e. The van der Waals surface area contributed by atoms with Crippen molar-refractivity contribution >= 4 is 23.8 Å². The van der Waals surface area contributed by atoms with Crippen LogP contribution in [0.5, 0.6) is 0 Å². The van der Waals surface area contributed by atoms with Gasteiger partial charge in [-0.15, -0.1) is 0 Å². The zero-order chi connectivity index (χ0) is 20.5. The molecule has 0 aromatic heterocycles. The number of methoxy groups -OCH3 is 1. The highest BCUT2D eigenvalue weighted by molar-refractivity contribution is 6.31. The standard InChI is InChI=1S/C16H30N4O6/c1-10(21)8-7-9-11(20(5)15(23)25-16(2,3)4)12(17)19-26-13(18)14(22)24-6/h10-11,18,21H,7-9H2,1-6H3,(H2,17,19). The fraction of sp³-hybridized carbons (Fsp3) is 0.750. The third-order valence-electron chi connectivity index (χ3n) is 3.20. The molecule has 0 aromatic carbocycles. The van der Waals surface area contributed by atoms with Crippen molar-refractivity contribution in [1.82, 2.24) is 4.90 Å². The van der Waals surface area contributed by atoms with E-state index in [1.165, 1.54) is 11.9 Å².